The molecule has 0 bridgehead atoms. The van der Waals surface area contributed by atoms with E-state index >= 15 is 0 Å². The van der Waals surface area contributed by atoms with Crippen molar-refractivity contribution in [3.63, 3.8) is 0 Å². The van der Waals surface area contributed by atoms with Crippen molar-refractivity contribution in [2.45, 2.75) is 37.7 Å². The molecule has 0 atom stereocenters. The molecule has 3 aromatic rings. The van der Waals surface area contributed by atoms with E-state index in [1.165, 1.54) is 12.8 Å². The molecule has 7 heteroatoms. The highest BCUT2D eigenvalue weighted by atomic mass is 35.5. The third kappa shape index (κ3) is 3.37. The van der Waals surface area contributed by atoms with E-state index in [1.54, 1.807) is 12.1 Å². The lowest BCUT2D eigenvalue weighted by atomic mass is 9.82. The van der Waals surface area contributed by atoms with E-state index in [9.17, 15) is 4.79 Å². The fourth-order valence-electron chi connectivity index (χ4n) is 5.21. The molecule has 0 saturated carbocycles. The first-order valence-corrected chi connectivity index (χ1v) is 11.8. The zero-order valence-corrected chi connectivity index (χ0v) is 18.6. The van der Waals surface area contributed by atoms with Gasteiger partial charge < -0.3 is 14.5 Å². The van der Waals surface area contributed by atoms with Gasteiger partial charge in [-0.25, -0.2) is 9.97 Å². The molecule has 0 amide bonds. The largest absolute Gasteiger partial charge is 0.486 e. The van der Waals surface area contributed by atoms with Gasteiger partial charge in [-0.1, -0.05) is 23.7 Å². The molecule has 3 aliphatic heterocycles. The number of piperidine rings is 1. The van der Waals surface area contributed by atoms with E-state index in [0.29, 0.717) is 22.8 Å². The van der Waals surface area contributed by atoms with E-state index < -0.39 is 5.60 Å². The zero-order chi connectivity index (χ0) is 21.7. The lowest BCUT2D eigenvalue weighted by Gasteiger charge is -2.44. The fourth-order valence-corrected chi connectivity index (χ4v) is 5.38. The second kappa shape index (κ2) is 7.62. The normalized spacial score (nSPS) is 20.0. The minimum atomic E-state index is -0.452. The number of anilines is 2. The standard InChI is InChI=1S/C25H25ClN4O2/c26-17-7-8-22-18(15-17)21(31)16-25(32-22)9-13-30(14-10-25)24-23(29-11-3-4-12-29)27-19-5-1-2-6-20(19)28-24/h1-2,5-8,15H,3-4,9-14,16H2. The third-order valence-electron chi connectivity index (χ3n) is 6.97. The number of ketones is 1. The lowest BCUT2D eigenvalue weighted by molar-refractivity contribution is 0.0231. The predicted octanol–water partition coefficient (Wildman–Crippen LogP) is 4.89. The molecule has 0 radical (unpaired) electrons. The first kappa shape index (κ1) is 19.8. The van der Waals surface area contributed by atoms with Crippen molar-refractivity contribution in [1.29, 1.82) is 0 Å². The maximum atomic E-state index is 12.9. The van der Waals surface area contributed by atoms with Crippen LogP contribution in [-0.4, -0.2) is 47.5 Å². The summed E-state index contributed by atoms with van der Waals surface area (Å²) in [5, 5.41) is 0.566. The number of aromatic nitrogens is 2. The van der Waals surface area contributed by atoms with E-state index in [0.717, 1.165) is 61.7 Å². The molecule has 6 nitrogen and oxygen atoms in total. The minimum Gasteiger partial charge on any atom is -0.486 e. The van der Waals surface area contributed by atoms with Crippen LogP contribution in [0.4, 0.5) is 11.6 Å². The molecule has 164 valence electrons. The van der Waals surface area contributed by atoms with Gasteiger partial charge in [0.25, 0.3) is 0 Å². The number of halogens is 1. The van der Waals surface area contributed by atoms with Crippen molar-refractivity contribution >= 4 is 40.1 Å². The number of fused-ring (bicyclic) bond motifs is 2. The van der Waals surface area contributed by atoms with Crippen molar-refractivity contribution in [3.8, 4) is 5.75 Å². The lowest BCUT2D eigenvalue weighted by Crippen LogP contribution is -2.51. The Morgan fingerprint density at radius 1 is 0.875 bits per heavy atom. The molecule has 0 N–H and O–H groups in total. The van der Waals surface area contributed by atoms with E-state index in [1.807, 2.05) is 30.3 Å². The predicted molar refractivity (Wildman–Crippen MR) is 126 cm³/mol. The van der Waals surface area contributed by atoms with E-state index in [2.05, 4.69) is 9.80 Å². The summed E-state index contributed by atoms with van der Waals surface area (Å²) in [7, 11) is 0. The maximum absolute atomic E-state index is 12.9. The Morgan fingerprint density at radius 3 is 2.16 bits per heavy atom. The Kier molecular flexibility index (Phi) is 4.72. The summed E-state index contributed by atoms with van der Waals surface area (Å²) in [4.78, 5) is 27.6. The van der Waals surface area contributed by atoms with Crippen LogP contribution in [0.1, 0.15) is 42.5 Å². The van der Waals surface area contributed by atoms with Crippen molar-refractivity contribution in [3.05, 3.63) is 53.1 Å². The highest BCUT2D eigenvalue weighted by molar-refractivity contribution is 6.31. The molecule has 1 spiro atoms. The number of rotatable bonds is 2. The number of benzene rings is 2. The topological polar surface area (TPSA) is 58.6 Å². The van der Waals surface area contributed by atoms with Crippen LogP contribution >= 0.6 is 11.6 Å². The molecule has 0 aliphatic carbocycles. The fraction of sp³-hybridized carbons (Fsp3) is 0.400. The summed E-state index contributed by atoms with van der Waals surface area (Å²) in [6.45, 7) is 3.61. The van der Waals surface area contributed by atoms with Crippen molar-refractivity contribution < 1.29 is 9.53 Å². The highest BCUT2D eigenvalue weighted by Crippen LogP contribution is 2.42. The highest BCUT2D eigenvalue weighted by Gasteiger charge is 2.43. The van der Waals surface area contributed by atoms with E-state index in [-0.39, 0.29) is 5.78 Å². The van der Waals surface area contributed by atoms with Crippen molar-refractivity contribution in [1.82, 2.24) is 9.97 Å². The number of carbonyl (C=O) groups is 1. The molecule has 4 heterocycles. The van der Waals surface area contributed by atoms with Crippen LogP contribution in [0.3, 0.4) is 0 Å². The van der Waals surface area contributed by atoms with Crippen LogP contribution in [0.15, 0.2) is 42.5 Å². The first-order valence-electron chi connectivity index (χ1n) is 11.4. The summed E-state index contributed by atoms with van der Waals surface area (Å²) >= 11 is 6.08. The SMILES string of the molecule is O=C1CC2(CCN(c3nc4ccccc4nc3N3CCCC3)CC2)Oc2ccc(Cl)cc21. The van der Waals surface area contributed by atoms with Crippen LogP contribution < -0.4 is 14.5 Å². The average molecular weight is 449 g/mol. The van der Waals surface area contributed by atoms with Gasteiger partial charge in [0.15, 0.2) is 17.4 Å². The number of carbonyl (C=O) groups excluding carboxylic acids is 1. The molecule has 0 unspecified atom stereocenters. The molecule has 6 rings (SSSR count). The number of hydrogen-bond acceptors (Lipinski definition) is 6. The first-order chi connectivity index (χ1) is 15.6. The maximum Gasteiger partial charge on any atom is 0.172 e. The number of ether oxygens (including phenoxy) is 1. The van der Waals surface area contributed by atoms with Gasteiger partial charge in [0.05, 0.1) is 23.0 Å². The Hall–Kier alpha value is -2.86. The smallest absolute Gasteiger partial charge is 0.172 e. The van der Waals surface area contributed by atoms with Gasteiger partial charge in [0.1, 0.15) is 11.4 Å². The summed E-state index contributed by atoms with van der Waals surface area (Å²) in [6.07, 6.45) is 4.33. The minimum absolute atomic E-state index is 0.116. The van der Waals surface area contributed by atoms with Gasteiger partial charge in [-0.3, -0.25) is 4.79 Å². The van der Waals surface area contributed by atoms with Crippen LogP contribution in [0.25, 0.3) is 11.0 Å². The number of Topliss-reactive ketones (excluding diaryl/α,β-unsaturated/α-hetero) is 1. The number of nitrogens with zero attached hydrogens (tertiary/aromatic N) is 4. The second-order valence-electron chi connectivity index (χ2n) is 9.07. The molecule has 2 fully saturated rings. The van der Waals surface area contributed by atoms with Gasteiger partial charge in [-0.15, -0.1) is 0 Å². The summed E-state index contributed by atoms with van der Waals surface area (Å²) in [6, 6.07) is 13.4. The molecular weight excluding hydrogens is 424 g/mol. The quantitative estimate of drug-likeness (QED) is 0.556. The van der Waals surface area contributed by atoms with Gasteiger partial charge in [-0.05, 0) is 43.2 Å². The second-order valence-corrected chi connectivity index (χ2v) is 9.50. The Morgan fingerprint density at radius 2 is 1.50 bits per heavy atom. The Bertz CT molecular complexity index is 1200. The molecule has 2 aromatic carbocycles. The average Bonchev–Trinajstić information content (AvgIpc) is 3.34. The summed E-state index contributed by atoms with van der Waals surface area (Å²) in [5.41, 5.74) is 2.00. The molecule has 32 heavy (non-hydrogen) atoms. The van der Waals surface area contributed by atoms with Gasteiger partial charge in [0, 0.05) is 44.0 Å². The summed E-state index contributed by atoms with van der Waals surface area (Å²) in [5.74, 6) is 2.71. The van der Waals surface area contributed by atoms with Crippen LogP contribution in [-0.2, 0) is 0 Å². The monoisotopic (exact) mass is 448 g/mol. The molecule has 1 aromatic heterocycles. The molecular formula is C25H25ClN4O2. The van der Waals surface area contributed by atoms with Crippen molar-refractivity contribution in [2.75, 3.05) is 36.0 Å². The van der Waals surface area contributed by atoms with E-state index in [4.69, 9.17) is 26.3 Å². The van der Waals surface area contributed by atoms with Crippen LogP contribution in [0.5, 0.6) is 5.75 Å². The van der Waals surface area contributed by atoms with Gasteiger partial charge >= 0.3 is 0 Å². The van der Waals surface area contributed by atoms with Gasteiger partial charge in [-0.2, -0.15) is 0 Å². The van der Waals surface area contributed by atoms with Crippen molar-refractivity contribution in [2.24, 2.45) is 0 Å². The Balaban J connectivity index is 1.29. The van der Waals surface area contributed by atoms with Crippen LogP contribution in [0, 0.1) is 0 Å². The molecule has 2 saturated heterocycles. The number of para-hydroxylation sites is 2. The summed E-state index contributed by atoms with van der Waals surface area (Å²) < 4.78 is 6.42. The Labute approximate surface area is 192 Å². The van der Waals surface area contributed by atoms with Crippen LogP contribution in [0.2, 0.25) is 5.02 Å². The molecule has 3 aliphatic rings. The number of hydrogen-bond donors (Lipinski definition) is 0. The third-order valence-corrected chi connectivity index (χ3v) is 7.20. The zero-order valence-electron chi connectivity index (χ0n) is 17.9. The van der Waals surface area contributed by atoms with Gasteiger partial charge in [0.2, 0.25) is 0 Å².